The highest BCUT2D eigenvalue weighted by molar-refractivity contribution is 7.89. The molecule has 0 fully saturated rings. The van der Waals surface area contributed by atoms with Crippen molar-refractivity contribution < 1.29 is 8.42 Å². The molecule has 0 saturated heterocycles. The van der Waals surface area contributed by atoms with Crippen LogP contribution in [0.1, 0.15) is 29.2 Å². The molecule has 1 aliphatic heterocycles. The summed E-state index contributed by atoms with van der Waals surface area (Å²) in [7, 11) is -3.84. The highest BCUT2D eigenvalue weighted by Gasteiger charge is 2.37. The van der Waals surface area contributed by atoms with Crippen LogP contribution in [0.25, 0.3) is 0 Å². The summed E-state index contributed by atoms with van der Waals surface area (Å²) in [5.41, 5.74) is 3.30. The van der Waals surface area contributed by atoms with E-state index in [1.807, 2.05) is 31.2 Å². The van der Waals surface area contributed by atoms with E-state index in [9.17, 15) is 8.42 Å². The zero-order chi connectivity index (χ0) is 20.6. The predicted molar refractivity (Wildman–Crippen MR) is 117 cm³/mol. The van der Waals surface area contributed by atoms with E-state index in [4.69, 9.17) is 23.2 Å². The average Bonchev–Trinajstić information content (AvgIpc) is 3.15. The van der Waals surface area contributed by atoms with Gasteiger partial charge in [-0.15, -0.1) is 0 Å². The molecule has 4 nitrogen and oxygen atoms in total. The molecule has 4 rings (SSSR count). The summed E-state index contributed by atoms with van der Waals surface area (Å²) in [5.74, 6) is 0. The normalized spacial score (nSPS) is 16.7. The smallest absolute Gasteiger partial charge is 0.200 e. The van der Waals surface area contributed by atoms with Crippen LogP contribution in [-0.2, 0) is 10.0 Å². The van der Waals surface area contributed by atoms with Crippen LogP contribution < -0.4 is 0 Å². The Balaban J connectivity index is 1.80. The van der Waals surface area contributed by atoms with E-state index in [-0.39, 0.29) is 4.90 Å². The zero-order valence-corrected chi connectivity index (χ0v) is 17.9. The quantitative estimate of drug-likeness (QED) is 0.507. The van der Waals surface area contributed by atoms with Crippen molar-refractivity contribution in [1.82, 2.24) is 4.41 Å². The van der Waals surface area contributed by atoms with Gasteiger partial charge in [0.25, 0.3) is 10.0 Å². The minimum atomic E-state index is -3.84. The predicted octanol–water partition coefficient (Wildman–Crippen LogP) is 5.84. The Kier molecular flexibility index (Phi) is 5.38. The second-order valence-electron chi connectivity index (χ2n) is 6.92. The fourth-order valence-corrected chi connectivity index (χ4v) is 5.07. The van der Waals surface area contributed by atoms with Gasteiger partial charge in [0.15, 0.2) is 0 Å². The molecule has 0 spiro atoms. The summed E-state index contributed by atoms with van der Waals surface area (Å²) >= 11 is 12.2. The summed E-state index contributed by atoms with van der Waals surface area (Å²) in [4.78, 5) is 0.205. The molecule has 0 aliphatic carbocycles. The van der Waals surface area contributed by atoms with E-state index in [1.165, 1.54) is 4.41 Å². The Labute approximate surface area is 180 Å². The van der Waals surface area contributed by atoms with Crippen molar-refractivity contribution >= 4 is 38.9 Å². The average molecular weight is 445 g/mol. The van der Waals surface area contributed by atoms with Crippen molar-refractivity contribution in [2.75, 3.05) is 0 Å². The summed E-state index contributed by atoms with van der Waals surface area (Å²) in [6.45, 7) is 1.91. The number of benzene rings is 3. The first-order chi connectivity index (χ1) is 13.8. The number of sulfonamides is 1. The third-order valence-corrected chi connectivity index (χ3v) is 7.03. The first-order valence-electron chi connectivity index (χ1n) is 9.04. The Morgan fingerprint density at radius 3 is 2.28 bits per heavy atom. The molecular formula is C22H18Cl2N2O2S. The molecule has 0 aromatic heterocycles. The standard InChI is InChI=1S/C22H18Cl2N2O2S/c1-15-5-11-20(12-6-15)29(27,28)26-22(17-3-2-4-19(24)13-17)14-21(25-26)16-7-9-18(23)10-8-16/h2-13,22H,14H2,1H3. The molecular weight excluding hydrogens is 427 g/mol. The molecule has 1 heterocycles. The molecule has 3 aromatic rings. The highest BCUT2D eigenvalue weighted by Crippen LogP contribution is 2.38. The van der Waals surface area contributed by atoms with Crippen LogP contribution in [0, 0.1) is 6.92 Å². The molecule has 0 amide bonds. The van der Waals surface area contributed by atoms with Crippen LogP contribution in [0.3, 0.4) is 0 Å². The van der Waals surface area contributed by atoms with E-state index in [2.05, 4.69) is 5.10 Å². The fourth-order valence-electron chi connectivity index (χ4n) is 3.31. The van der Waals surface area contributed by atoms with Gasteiger partial charge in [-0.05, 0) is 54.4 Å². The van der Waals surface area contributed by atoms with Gasteiger partial charge < -0.3 is 0 Å². The maximum absolute atomic E-state index is 13.4. The molecule has 7 heteroatoms. The lowest BCUT2D eigenvalue weighted by molar-refractivity contribution is 0.371. The number of halogens is 2. The minimum absolute atomic E-state index is 0.205. The largest absolute Gasteiger partial charge is 0.279 e. The van der Waals surface area contributed by atoms with Crippen LogP contribution in [0.2, 0.25) is 10.0 Å². The van der Waals surface area contributed by atoms with Crippen molar-refractivity contribution in [2.24, 2.45) is 5.10 Å². The van der Waals surface area contributed by atoms with Gasteiger partial charge in [-0.3, -0.25) is 0 Å². The lowest BCUT2D eigenvalue weighted by Gasteiger charge is -2.23. The second kappa shape index (κ2) is 7.82. The fraction of sp³-hybridized carbons (Fsp3) is 0.136. The van der Waals surface area contributed by atoms with Gasteiger partial charge in [-0.25, -0.2) is 0 Å². The highest BCUT2D eigenvalue weighted by atomic mass is 35.5. The van der Waals surface area contributed by atoms with Crippen LogP contribution in [0.4, 0.5) is 0 Å². The second-order valence-corrected chi connectivity index (χ2v) is 9.59. The Bertz CT molecular complexity index is 1170. The van der Waals surface area contributed by atoms with E-state index in [1.54, 1.807) is 48.5 Å². The first kappa shape index (κ1) is 20.0. The molecule has 0 saturated carbocycles. The third kappa shape index (κ3) is 4.04. The van der Waals surface area contributed by atoms with Gasteiger partial charge in [0.1, 0.15) is 0 Å². The SMILES string of the molecule is Cc1ccc(S(=O)(=O)N2N=C(c3ccc(Cl)cc3)CC2c2cccc(Cl)c2)cc1. The van der Waals surface area contributed by atoms with E-state index in [0.29, 0.717) is 22.2 Å². The van der Waals surface area contributed by atoms with Gasteiger partial charge in [-0.2, -0.15) is 17.9 Å². The first-order valence-corrected chi connectivity index (χ1v) is 11.2. The van der Waals surface area contributed by atoms with E-state index < -0.39 is 16.1 Å². The van der Waals surface area contributed by atoms with Gasteiger partial charge in [-0.1, -0.05) is 65.2 Å². The number of hydrazone groups is 1. The maximum Gasteiger partial charge on any atom is 0.279 e. The Morgan fingerprint density at radius 2 is 1.62 bits per heavy atom. The molecule has 0 N–H and O–H groups in total. The van der Waals surface area contributed by atoms with Crippen molar-refractivity contribution in [3.63, 3.8) is 0 Å². The maximum atomic E-state index is 13.4. The molecule has 1 aliphatic rings. The number of nitrogens with zero attached hydrogens (tertiary/aromatic N) is 2. The minimum Gasteiger partial charge on any atom is -0.200 e. The molecule has 0 radical (unpaired) electrons. The van der Waals surface area contributed by atoms with Gasteiger partial charge >= 0.3 is 0 Å². The van der Waals surface area contributed by atoms with E-state index >= 15 is 0 Å². The Morgan fingerprint density at radius 1 is 0.931 bits per heavy atom. The lowest BCUT2D eigenvalue weighted by Crippen LogP contribution is -2.27. The summed E-state index contributed by atoms with van der Waals surface area (Å²) < 4.78 is 28.0. The third-order valence-electron chi connectivity index (χ3n) is 4.85. The van der Waals surface area contributed by atoms with Crippen molar-refractivity contribution in [3.8, 4) is 0 Å². The van der Waals surface area contributed by atoms with Crippen LogP contribution in [0.5, 0.6) is 0 Å². The molecule has 1 unspecified atom stereocenters. The zero-order valence-electron chi connectivity index (χ0n) is 15.6. The number of rotatable bonds is 4. The van der Waals surface area contributed by atoms with Crippen molar-refractivity contribution in [1.29, 1.82) is 0 Å². The summed E-state index contributed by atoms with van der Waals surface area (Å²) in [6, 6.07) is 20.7. The van der Waals surface area contributed by atoms with Gasteiger partial charge in [0.2, 0.25) is 0 Å². The molecule has 148 valence electrons. The Hall–Kier alpha value is -2.34. The topological polar surface area (TPSA) is 49.7 Å². The summed E-state index contributed by atoms with van der Waals surface area (Å²) in [5, 5.41) is 5.69. The lowest BCUT2D eigenvalue weighted by atomic mass is 9.99. The molecule has 29 heavy (non-hydrogen) atoms. The number of hydrogen-bond donors (Lipinski definition) is 0. The van der Waals surface area contributed by atoms with Crippen LogP contribution in [0.15, 0.2) is 82.8 Å². The van der Waals surface area contributed by atoms with Gasteiger partial charge in [0, 0.05) is 16.5 Å². The van der Waals surface area contributed by atoms with E-state index in [0.717, 1.165) is 16.7 Å². The van der Waals surface area contributed by atoms with Gasteiger partial charge in [0.05, 0.1) is 16.6 Å². The number of aryl methyl sites for hydroxylation is 1. The van der Waals surface area contributed by atoms with Crippen molar-refractivity contribution in [3.05, 3.63) is 99.5 Å². The molecule has 1 atom stereocenters. The van der Waals surface area contributed by atoms with Crippen LogP contribution >= 0.6 is 23.2 Å². The van der Waals surface area contributed by atoms with Crippen molar-refractivity contribution in [2.45, 2.75) is 24.3 Å². The van der Waals surface area contributed by atoms with Crippen LogP contribution in [-0.4, -0.2) is 18.5 Å². The molecule has 3 aromatic carbocycles. The summed E-state index contributed by atoms with van der Waals surface area (Å²) in [6.07, 6.45) is 0.438. The molecule has 0 bridgehead atoms. The number of hydrogen-bond acceptors (Lipinski definition) is 3. The monoisotopic (exact) mass is 444 g/mol.